The van der Waals surface area contributed by atoms with E-state index in [0.717, 1.165) is 30.8 Å². The van der Waals surface area contributed by atoms with E-state index in [2.05, 4.69) is 10.6 Å². The van der Waals surface area contributed by atoms with Gasteiger partial charge in [-0.15, -0.1) is 0 Å². The summed E-state index contributed by atoms with van der Waals surface area (Å²) >= 11 is 6.04. The SMILES string of the molecule is O=C1NC(C2CCCN2)=NC2c3cc(Cl)ccc3OC12. The minimum atomic E-state index is -0.575. The smallest absolute Gasteiger partial charge is 0.269 e. The van der Waals surface area contributed by atoms with E-state index in [4.69, 9.17) is 21.3 Å². The minimum Gasteiger partial charge on any atom is -0.478 e. The first-order chi connectivity index (χ1) is 9.72. The van der Waals surface area contributed by atoms with E-state index in [1.165, 1.54) is 0 Å². The molecule has 1 aromatic rings. The molecule has 1 fully saturated rings. The molecule has 0 spiro atoms. The van der Waals surface area contributed by atoms with E-state index < -0.39 is 6.10 Å². The molecular weight excluding hydrogens is 278 g/mol. The van der Waals surface area contributed by atoms with Gasteiger partial charge < -0.3 is 15.4 Å². The van der Waals surface area contributed by atoms with Gasteiger partial charge in [0.05, 0.1) is 6.04 Å². The number of rotatable bonds is 1. The first kappa shape index (κ1) is 12.2. The van der Waals surface area contributed by atoms with Crippen LogP contribution in [0.15, 0.2) is 23.2 Å². The molecule has 4 rings (SSSR count). The number of nitrogens with zero attached hydrogens (tertiary/aromatic N) is 1. The van der Waals surface area contributed by atoms with Gasteiger partial charge in [0.1, 0.15) is 17.6 Å². The van der Waals surface area contributed by atoms with Gasteiger partial charge in [0.25, 0.3) is 5.91 Å². The zero-order valence-corrected chi connectivity index (χ0v) is 11.5. The van der Waals surface area contributed by atoms with E-state index >= 15 is 0 Å². The third kappa shape index (κ3) is 1.81. The third-order valence-electron chi connectivity index (χ3n) is 4.01. The van der Waals surface area contributed by atoms with E-state index in [0.29, 0.717) is 10.8 Å². The van der Waals surface area contributed by atoms with E-state index in [1.54, 1.807) is 12.1 Å². The fourth-order valence-electron chi connectivity index (χ4n) is 3.03. The summed E-state index contributed by atoms with van der Waals surface area (Å²) in [5, 5.41) is 6.85. The van der Waals surface area contributed by atoms with Gasteiger partial charge in [0.2, 0.25) is 6.10 Å². The molecule has 3 heterocycles. The highest BCUT2D eigenvalue weighted by atomic mass is 35.5. The van der Waals surface area contributed by atoms with Crippen molar-refractivity contribution in [2.24, 2.45) is 4.99 Å². The Hall–Kier alpha value is -1.59. The number of ether oxygens (including phenoxy) is 1. The molecule has 5 nitrogen and oxygen atoms in total. The Balaban J connectivity index is 1.74. The topological polar surface area (TPSA) is 62.7 Å². The van der Waals surface area contributed by atoms with Crippen LogP contribution in [0.5, 0.6) is 5.75 Å². The van der Waals surface area contributed by atoms with Gasteiger partial charge in [-0.05, 0) is 37.6 Å². The normalized spacial score (nSPS) is 31.1. The largest absolute Gasteiger partial charge is 0.478 e. The maximum Gasteiger partial charge on any atom is 0.269 e. The summed E-state index contributed by atoms with van der Waals surface area (Å²) in [4.78, 5) is 16.9. The molecule has 0 saturated carbocycles. The van der Waals surface area contributed by atoms with Gasteiger partial charge in [-0.2, -0.15) is 0 Å². The lowest BCUT2D eigenvalue weighted by molar-refractivity contribution is -0.127. The quantitative estimate of drug-likeness (QED) is 0.823. The molecule has 0 aromatic heterocycles. The zero-order valence-electron chi connectivity index (χ0n) is 10.7. The van der Waals surface area contributed by atoms with Crippen LogP contribution in [0, 0.1) is 0 Å². The molecule has 1 aromatic carbocycles. The van der Waals surface area contributed by atoms with Crippen LogP contribution in [0.25, 0.3) is 0 Å². The van der Waals surface area contributed by atoms with Crippen LogP contribution in [0.3, 0.4) is 0 Å². The molecule has 2 N–H and O–H groups in total. The molecule has 0 bridgehead atoms. The maximum absolute atomic E-state index is 12.2. The van der Waals surface area contributed by atoms with Crippen LogP contribution < -0.4 is 15.4 Å². The van der Waals surface area contributed by atoms with Crippen molar-refractivity contribution in [3.63, 3.8) is 0 Å². The van der Waals surface area contributed by atoms with Crippen LogP contribution in [0.2, 0.25) is 5.02 Å². The van der Waals surface area contributed by atoms with E-state index in [-0.39, 0.29) is 18.0 Å². The second kappa shape index (κ2) is 4.46. The number of benzene rings is 1. The van der Waals surface area contributed by atoms with Gasteiger partial charge in [-0.25, -0.2) is 0 Å². The first-order valence-electron chi connectivity index (χ1n) is 6.80. The highest BCUT2D eigenvalue weighted by molar-refractivity contribution is 6.30. The van der Waals surface area contributed by atoms with Gasteiger partial charge in [-0.3, -0.25) is 9.79 Å². The van der Waals surface area contributed by atoms with Crippen molar-refractivity contribution in [3.8, 4) is 5.75 Å². The van der Waals surface area contributed by atoms with Gasteiger partial charge in [0, 0.05) is 10.6 Å². The Morgan fingerprint density at radius 2 is 2.30 bits per heavy atom. The van der Waals surface area contributed by atoms with Crippen LogP contribution in [-0.4, -0.2) is 30.4 Å². The molecule has 104 valence electrons. The van der Waals surface area contributed by atoms with Gasteiger partial charge in [0.15, 0.2) is 0 Å². The average molecular weight is 292 g/mol. The fraction of sp³-hybridized carbons (Fsp3) is 0.429. The van der Waals surface area contributed by atoms with Crippen molar-refractivity contribution in [2.75, 3.05) is 6.54 Å². The second-order valence-corrected chi connectivity index (χ2v) is 5.75. The minimum absolute atomic E-state index is 0.124. The van der Waals surface area contributed by atoms with Crippen molar-refractivity contribution in [2.45, 2.75) is 31.0 Å². The zero-order chi connectivity index (χ0) is 13.7. The summed E-state index contributed by atoms with van der Waals surface area (Å²) in [5.41, 5.74) is 0.896. The Morgan fingerprint density at radius 1 is 1.40 bits per heavy atom. The number of carbonyl (C=O) groups is 1. The molecule has 6 heteroatoms. The molecule has 3 aliphatic rings. The Kier molecular flexibility index (Phi) is 2.72. The van der Waals surface area contributed by atoms with E-state index in [1.807, 2.05) is 6.07 Å². The highest BCUT2D eigenvalue weighted by Gasteiger charge is 2.44. The summed E-state index contributed by atoms with van der Waals surface area (Å²) in [6.45, 7) is 0.965. The number of aliphatic imine (C=N–C) groups is 1. The third-order valence-corrected chi connectivity index (χ3v) is 4.24. The summed E-state index contributed by atoms with van der Waals surface area (Å²) in [6.07, 6.45) is 1.53. The van der Waals surface area contributed by atoms with Crippen molar-refractivity contribution in [1.82, 2.24) is 10.6 Å². The highest BCUT2D eigenvalue weighted by Crippen LogP contribution is 2.42. The number of halogens is 1. The average Bonchev–Trinajstić information content (AvgIpc) is 3.06. The van der Waals surface area contributed by atoms with Crippen LogP contribution in [0.4, 0.5) is 0 Å². The second-order valence-electron chi connectivity index (χ2n) is 5.32. The summed E-state index contributed by atoms with van der Waals surface area (Å²) in [6, 6.07) is 5.26. The number of hydrogen-bond donors (Lipinski definition) is 2. The number of hydrogen-bond acceptors (Lipinski definition) is 4. The molecule has 3 atom stereocenters. The van der Waals surface area contributed by atoms with Crippen LogP contribution in [-0.2, 0) is 4.79 Å². The van der Waals surface area contributed by atoms with Gasteiger partial charge in [-0.1, -0.05) is 11.6 Å². The molecular formula is C14H14ClN3O2. The standard InChI is InChI=1S/C14H14ClN3O2/c15-7-3-4-10-8(6-7)11-12(20-10)14(19)18-13(17-11)9-2-1-5-16-9/h3-4,6,9,11-12,16H,1-2,5H2,(H,17,18,19). The molecule has 1 amide bonds. The predicted molar refractivity (Wildman–Crippen MR) is 75.2 cm³/mol. The molecule has 20 heavy (non-hydrogen) atoms. The monoisotopic (exact) mass is 291 g/mol. The van der Waals surface area contributed by atoms with Crippen molar-refractivity contribution in [3.05, 3.63) is 28.8 Å². The number of amides is 1. The first-order valence-corrected chi connectivity index (χ1v) is 7.18. The Labute approximate surface area is 121 Å². The summed E-state index contributed by atoms with van der Waals surface area (Å²) in [7, 11) is 0. The number of fused-ring (bicyclic) bond motifs is 3. The molecule has 0 radical (unpaired) electrons. The fourth-order valence-corrected chi connectivity index (χ4v) is 3.21. The lowest BCUT2D eigenvalue weighted by Gasteiger charge is -2.25. The Morgan fingerprint density at radius 3 is 3.10 bits per heavy atom. The van der Waals surface area contributed by atoms with Crippen molar-refractivity contribution in [1.29, 1.82) is 0 Å². The lowest BCUT2D eigenvalue weighted by Crippen LogP contribution is -2.52. The summed E-state index contributed by atoms with van der Waals surface area (Å²) < 4.78 is 5.69. The van der Waals surface area contributed by atoms with Crippen molar-refractivity contribution >= 4 is 23.3 Å². The summed E-state index contributed by atoms with van der Waals surface area (Å²) in [5.74, 6) is 1.30. The van der Waals surface area contributed by atoms with Crippen LogP contribution in [0.1, 0.15) is 24.4 Å². The molecule has 1 saturated heterocycles. The van der Waals surface area contributed by atoms with Crippen molar-refractivity contribution < 1.29 is 9.53 Å². The lowest BCUT2D eigenvalue weighted by atomic mass is 10.0. The predicted octanol–water partition coefficient (Wildman–Crippen LogP) is 1.42. The maximum atomic E-state index is 12.2. The van der Waals surface area contributed by atoms with Gasteiger partial charge >= 0.3 is 0 Å². The van der Waals surface area contributed by atoms with Crippen LogP contribution >= 0.6 is 11.6 Å². The number of carbonyl (C=O) groups excluding carboxylic acids is 1. The molecule has 3 aliphatic heterocycles. The molecule has 0 aliphatic carbocycles. The number of amidine groups is 1. The molecule has 3 unspecified atom stereocenters. The Bertz CT molecular complexity index is 610. The number of nitrogens with one attached hydrogen (secondary N) is 2. The van der Waals surface area contributed by atoms with E-state index in [9.17, 15) is 4.79 Å².